The van der Waals surface area contributed by atoms with E-state index in [0.29, 0.717) is 6.04 Å². The van der Waals surface area contributed by atoms with Crippen LogP contribution in [0.15, 0.2) is 18.2 Å². The number of benzene rings is 1. The van der Waals surface area contributed by atoms with E-state index in [9.17, 15) is 4.39 Å². The van der Waals surface area contributed by atoms with Gasteiger partial charge in [-0.2, -0.15) is 0 Å². The predicted octanol–water partition coefficient (Wildman–Crippen LogP) is 2.16. The Morgan fingerprint density at radius 1 is 1.53 bits per heavy atom. The molecule has 1 atom stereocenters. The van der Waals surface area contributed by atoms with Crippen molar-refractivity contribution in [2.24, 2.45) is 0 Å². The van der Waals surface area contributed by atoms with Crippen molar-refractivity contribution in [3.05, 3.63) is 29.6 Å². The molecule has 0 fully saturated rings. The number of hydrogen-bond acceptors (Lipinski definition) is 2. The monoisotopic (exact) mass is 208 g/mol. The lowest BCUT2D eigenvalue weighted by atomic mass is 10.1. The van der Waals surface area contributed by atoms with E-state index in [2.05, 4.69) is 10.6 Å². The molecule has 1 aliphatic rings. The van der Waals surface area contributed by atoms with Crippen molar-refractivity contribution in [1.29, 1.82) is 0 Å². The van der Waals surface area contributed by atoms with Gasteiger partial charge in [0.1, 0.15) is 5.82 Å². The van der Waals surface area contributed by atoms with Gasteiger partial charge >= 0.3 is 0 Å². The van der Waals surface area contributed by atoms with E-state index < -0.39 is 0 Å². The Morgan fingerprint density at radius 2 is 2.40 bits per heavy atom. The third kappa shape index (κ3) is 2.48. The van der Waals surface area contributed by atoms with Gasteiger partial charge in [-0.25, -0.2) is 4.39 Å². The molecule has 0 saturated carbocycles. The summed E-state index contributed by atoms with van der Waals surface area (Å²) in [6.07, 6.45) is 3.25. The summed E-state index contributed by atoms with van der Waals surface area (Å²) >= 11 is 0. The highest BCUT2D eigenvalue weighted by Gasteiger charge is 2.19. The van der Waals surface area contributed by atoms with Crippen molar-refractivity contribution in [3.8, 4) is 0 Å². The Balaban J connectivity index is 1.91. The molecule has 0 saturated heterocycles. The first-order valence-corrected chi connectivity index (χ1v) is 5.49. The van der Waals surface area contributed by atoms with Crippen LogP contribution >= 0.6 is 0 Å². The maximum atomic E-state index is 13.0. The van der Waals surface area contributed by atoms with E-state index in [-0.39, 0.29) is 5.82 Å². The van der Waals surface area contributed by atoms with Crippen molar-refractivity contribution < 1.29 is 4.39 Å². The molecule has 0 radical (unpaired) electrons. The maximum Gasteiger partial charge on any atom is 0.123 e. The molecule has 2 nitrogen and oxygen atoms in total. The lowest BCUT2D eigenvalue weighted by Crippen LogP contribution is -2.18. The van der Waals surface area contributed by atoms with Crippen LogP contribution < -0.4 is 10.6 Å². The largest absolute Gasteiger partial charge is 0.382 e. The number of hydrogen-bond donors (Lipinski definition) is 2. The van der Waals surface area contributed by atoms with Crippen LogP contribution in [0.25, 0.3) is 0 Å². The molecule has 1 aromatic carbocycles. The number of halogens is 1. The first-order chi connectivity index (χ1) is 7.29. The fraction of sp³-hybridized carbons (Fsp3) is 0.500. The second-order valence-electron chi connectivity index (χ2n) is 4.09. The second kappa shape index (κ2) is 4.62. The molecule has 0 bridgehead atoms. The average Bonchev–Trinajstić information content (AvgIpc) is 2.60. The Bertz CT molecular complexity index is 338. The zero-order valence-electron chi connectivity index (χ0n) is 9.02. The predicted molar refractivity (Wildman–Crippen MR) is 60.7 cm³/mol. The molecule has 82 valence electrons. The Hall–Kier alpha value is -1.09. The first-order valence-electron chi connectivity index (χ1n) is 5.49. The van der Waals surface area contributed by atoms with Gasteiger partial charge in [-0.1, -0.05) is 0 Å². The standard InChI is InChI=1S/C12H17FN2/c1-14-6-2-3-11-8-9-7-10(13)4-5-12(9)15-11/h4-5,7,11,14-15H,2-3,6,8H2,1H3. The molecule has 15 heavy (non-hydrogen) atoms. The van der Waals surface area contributed by atoms with E-state index in [1.807, 2.05) is 13.1 Å². The SMILES string of the molecule is CNCCCC1Cc2cc(F)ccc2N1. The van der Waals surface area contributed by atoms with E-state index >= 15 is 0 Å². The van der Waals surface area contributed by atoms with Crippen LogP contribution in [0.5, 0.6) is 0 Å². The van der Waals surface area contributed by atoms with Crippen LogP contribution in [0.4, 0.5) is 10.1 Å². The van der Waals surface area contributed by atoms with Crippen LogP contribution in [0.3, 0.4) is 0 Å². The summed E-state index contributed by atoms with van der Waals surface area (Å²) < 4.78 is 13.0. The Labute approximate surface area is 89.9 Å². The van der Waals surface area contributed by atoms with Gasteiger partial charge in [0.15, 0.2) is 0 Å². The highest BCUT2D eigenvalue weighted by atomic mass is 19.1. The van der Waals surface area contributed by atoms with Gasteiger partial charge in [0.25, 0.3) is 0 Å². The Kier molecular flexibility index (Phi) is 3.21. The molecule has 0 aliphatic carbocycles. The Morgan fingerprint density at radius 3 is 3.20 bits per heavy atom. The molecule has 2 rings (SSSR count). The van der Waals surface area contributed by atoms with Crippen molar-refractivity contribution >= 4 is 5.69 Å². The normalized spacial score (nSPS) is 18.7. The molecule has 1 aromatic rings. The zero-order valence-corrected chi connectivity index (χ0v) is 9.02. The minimum Gasteiger partial charge on any atom is -0.382 e. The van der Waals surface area contributed by atoms with Gasteiger partial charge in [-0.05, 0) is 56.6 Å². The van der Waals surface area contributed by atoms with Gasteiger partial charge in [-0.15, -0.1) is 0 Å². The molecule has 0 aromatic heterocycles. The van der Waals surface area contributed by atoms with Crippen LogP contribution in [-0.4, -0.2) is 19.6 Å². The van der Waals surface area contributed by atoms with Crippen molar-refractivity contribution in [3.63, 3.8) is 0 Å². The highest BCUT2D eigenvalue weighted by Crippen LogP contribution is 2.27. The summed E-state index contributed by atoms with van der Waals surface area (Å²) in [5.41, 5.74) is 2.22. The molecule has 1 unspecified atom stereocenters. The molecule has 2 N–H and O–H groups in total. The molecule has 3 heteroatoms. The summed E-state index contributed by atoms with van der Waals surface area (Å²) in [5.74, 6) is -0.133. The van der Waals surface area contributed by atoms with E-state index in [1.165, 1.54) is 6.07 Å². The third-order valence-corrected chi connectivity index (χ3v) is 2.87. The lowest BCUT2D eigenvalue weighted by molar-refractivity contribution is 0.604. The second-order valence-corrected chi connectivity index (χ2v) is 4.09. The van der Waals surface area contributed by atoms with E-state index in [0.717, 1.165) is 37.1 Å². The van der Waals surface area contributed by atoms with Crippen LogP contribution in [0.2, 0.25) is 0 Å². The fourth-order valence-electron chi connectivity index (χ4n) is 2.11. The number of rotatable bonds is 4. The quantitative estimate of drug-likeness (QED) is 0.741. The van der Waals surface area contributed by atoms with Gasteiger partial charge < -0.3 is 10.6 Å². The van der Waals surface area contributed by atoms with Crippen molar-refractivity contribution in [2.75, 3.05) is 18.9 Å². The van der Waals surface area contributed by atoms with Gasteiger partial charge in [0, 0.05) is 11.7 Å². The van der Waals surface area contributed by atoms with Crippen molar-refractivity contribution in [2.45, 2.75) is 25.3 Å². The molecule has 1 aliphatic heterocycles. The molecule has 0 amide bonds. The highest BCUT2D eigenvalue weighted by molar-refractivity contribution is 5.56. The van der Waals surface area contributed by atoms with Gasteiger partial charge in [0.05, 0.1) is 0 Å². The van der Waals surface area contributed by atoms with Crippen LogP contribution in [-0.2, 0) is 6.42 Å². The third-order valence-electron chi connectivity index (χ3n) is 2.87. The van der Waals surface area contributed by atoms with E-state index in [4.69, 9.17) is 0 Å². The average molecular weight is 208 g/mol. The lowest BCUT2D eigenvalue weighted by Gasteiger charge is -2.10. The summed E-state index contributed by atoms with van der Waals surface area (Å²) in [7, 11) is 1.96. The van der Waals surface area contributed by atoms with Crippen LogP contribution in [0.1, 0.15) is 18.4 Å². The zero-order chi connectivity index (χ0) is 10.7. The smallest absolute Gasteiger partial charge is 0.123 e. The molecular formula is C12H17FN2. The number of anilines is 1. The van der Waals surface area contributed by atoms with Gasteiger partial charge in [-0.3, -0.25) is 0 Å². The minimum absolute atomic E-state index is 0.133. The summed E-state index contributed by atoms with van der Waals surface area (Å²) in [6, 6.07) is 5.47. The molecular weight excluding hydrogens is 191 g/mol. The van der Waals surface area contributed by atoms with Gasteiger partial charge in [0.2, 0.25) is 0 Å². The summed E-state index contributed by atoms with van der Waals surface area (Å²) in [5, 5.41) is 6.56. The number of fused-ring (bicyclic) bond motifs is 1. The van der Waals surface area contributed by atoms with E-state index in [1.54, 1.807) is 6.07 Å². The number of nitrogens with one attached hydrogen (secondary N) is 2. The van der Waals surface area contributed by atoms with Crippen molar-refractivity contribution in [1.82, 2.24) is 5.32 Å². The topological polar surface area (TPSA) is 24.1 Å². The molecule has 1 heterocycles. The maximum absolute atomic E-state index is 13.0. The minimum atomic E-state index is -0.133. The fourth-order valence-corrected chi connectivity index (χ4v) is 2.11. The summed E-state index contributed by atoms with van der Waals surface area (Å²) in [4.78, 5) is 0. The van der Waals surface area contributed by atoms with Crippen LogP contribution in [0, 0.1) is 5.82 Å². The molecule has 0 spiro atoms. The summed E-state index contributed by atoms with van der Waals surface area (Å²) in [6.45, 7) is 1.04. The first kappa shape index (κ1) is 10.4.